The Morgan fingerprint density at radius 2 is 1.83 bits per heavy atom. The van der Waals surface area contributed by atoms with Crippen LogP contribution in [0.1, 0.15) is 25.7 Å². The number of halogens is 1. The molecule has 4 amide bonds. The van der Waals surface area contributed by atoms with Gasteiger partial charge in [-0.2, -0.15) is 0 Å². The molecule has 2 aliphatic heterocycles. The lowest BCUT2D eigenvalue weighted by Gasteiger charge is -2.38. The van der Waals surface area contributed by atoms with Gasteiger partial charge in [-0.25, -0.2) is 14.1 Å². The fraction of sp³-hybridized carbons (Fsp3) is 0.471. The second kappa shape index (κ2) is 5.58. The summed E-state index contributed by atoms with van der Waals surface area (Å²) in [4.78, 5) is 40.4. The second-order valence-corrected chi connectivity index (χ2v) is 6.60. The maximum Gasteiger partial charge on any atom is 0.329 e. The van der Waals surface area contributed by atoms with Gasteiger partial charge in [0.2, 0.25) is 5.91 Å². The van der Waals surface area contributed by atoms with Gasteiger partial charge < -0.3 is 10.2 Å². The molecule has 4 rings (SSSR count). The fourth-order valence-electron chi connectivity index (χ4n) is 3.68. The van der Waals surface area contributed by atoms with Crippen LogP contribution in [0.2, 0.25) is 0 Å². The fourth-order valence-corrected chi connectivity index (χ4v) is 3.68. The Kier molecular flexibility index (Phi) is 3.51. The summed E-state index contributed by atoms with van der Waals surface area (Å²) in [7, 11) is 0. The Hall–Kier alpha value is -2.44. The number of carbonyl (C=O) groups excluding carboxylic acids is 3. The molecule has 1 aliphatic carbocycles. The zero-order valence-electron chi connectivity index (χ0n) is 13.1. The summed E-state index contributed by atoms with van der Waals surface area (Å²) in [5.74, 6) is -0.838. The topological polar surface area (TPSA) is 69.7 Å². The van der Waals surface area contributed by atoms with Crippen LogP contribution in [0.5, 0.6) is 0 Å². The molecule has 24 heavy (non-hydrogen) atoms. The summed E-state index contributed by atoms with van der Waals surface area (Å²) in [6, 6.07) is 3.65. The average Bonchev–Trinajstić information content (AvgIpc) is 2.91. The summed E-state index contributed by atoms with van der Waals surface area (Å²) in [5, 5.41) is 2.81. The molecule has 1 aromatic rings. The summed E-state index contributed by atoms with van der Waals surface area (Å²) in [6.07, 6.45) is 3.37. The summed E-state index contributed by atoms with van der Waals surface area (Å²) in [5.41, 5.74) is 0.306. The summed E-state index contributed by atoms with van der Waals surface area (Å²) >= 11 is 0. The van der Waals surface area contributed by atoms with Crippen LogP contribution < -0.4 is 10.2 Å². The van der Waals surface area contributed by atoms with E-state index in [2.05, 4.69) is 5.32 Å². The number of amides is 4. The number of fused-ring (bicyclic) bond motifs is 1. The van der Waals surface area contributed by atoms with E-state index in [-0.39, 0.29) is 17.9 Å². The molecular formula is C17H18FN3O3. The molecule has 3 fully saturated rings. The zero-order chi connectivity index (χ0) is 16.8. The van der Waals surface area contributed by atoms with Crippen molar-refractivity contribution >= 4 is 23.5 Å². The lowest BCUT2D eigenvalue weighted by Crippen LogP contribution is -2.65. The van der Waals surface area contributed by atoms with Gasteiger partial charge >= 0.3 is 6.03 Å². The number of benzene rings is 1. The maximum absolute atomic E-state index is 13.1. The van der Waals surface area contributed by atoms with Crippen LogP contribution >= 0.6 is 0 Å². The van der Waals surface area contributed by atoms with E-state index in [9.17, 15) is 18.8 Å². The third kappa shape index (κ3) is 2.26. The highest BCUT2D eigenvalue weighted by molar-refractivity contribution is 6.19. The molecule has 126 valence electrons. The number of nitrogens with one attached hydrogen (secondary N) is 1. The van der Waals surface area contributed by atoms with Crippen LogP contribution in [0, 0.1) is 11.7 Å². The minimum Gasteiger partial charge on any atom is -0.332 e. The van der Waals surface area contributed by atoms with Crippen molar-refractivity contribution in [3.63, 3.8) is 0 Å². The Bertz CT molecular complexity index is 702. The first-order chi connectivity index (χ1) is 11.6. The predicted octanol–water partition coefficient (Wildman–Crippen LogP) is 1.65. The molecule has 2 atom stereocenters. The lowest BCUT2D eigenvalue weighted by molar-refractivity contribution is -0.143. The van der Waals surface area contributed by atoms with Gasteiger partial charge in [-0.15, -0.1) is 0 Å². The highest BCUT2D eigenvalue weighted by Gasteiger charge is 2.51. The molecule has 6 nitrogen and oxygen atoms in total. The molecule has 1 N–H and O–H groups in total. The third-order valence-electron chi connectivity index (χ3n) is 5.21. The number of imide groups is 1. The number of nitrogens with zero attached hydrogens (tertiary/aromatic N) is 2. The molecule has 7 heteroatoms. The Morgan fingerprint density at radius 3 is 2.46 bits per heavy atom. The van der Waals surface area contributed by atoms with Gasteiger partial charge in [0.15, 0.2) is 0 Å². The van der Waals surface area contributed by atoms with E-state index < -0.39 is 23.8 Å². The first kappa shape index (κ1) is 15.1. The van der Waals surface area contributed by atoms with E-state index in [1.54, 1.807) is 4.90 Å². The van der Waals surface area contributed by atoms with Crippen LogP contribution in [-0.2, 0) is 9.59 Å². The van der Waals surface area contributed by atoms with Crippen LogP contribution in [0.3, 0.4) is 0 Å². The first-order valence-corrected chi connectivity index (χ1v) is 8.27. The van der Waals surface area contributed by atoms with Gasteiger partial charge in [-0.3, -0.25) is 9.59 Å². The van der Waals surface area contributed by atoms with E-state index in [0.717, 1.165) is 24.2 Å². The number of urea groups is 1. The van der Waals surface area contributed by atoms with E-state index in [1.807, 2.05) is 0 Å². The molecule has 0 bridgehead atoms. The number of hydrogen-bond acceptors (Lipinski definition) is 3. The largest absolute Gasteiger partial charge is 0.332 e. The quantitative estimate of drug-likeness (QED) is 0.896. The number of hydrogen-bond donors (Lipinski definition) is 1. The Balaban J connectivity index is 1.62. The van der Waals surface area contributed by atoms with Crippen LogP contribution in [0.15, 0.2) is 24.3 Å². The maximum atomic E-state index is 13.1. The van der Waals surface area contributed by atoms with Crippen molar-refractivity contribution in [1.29, 1.82) is 0 Å². The van der Waals surface area contributed by atoms with Crippen molar-refractivity contribution in [2.24, 2.45) is 5.92 Å². The molecule has 1 saturated carbocycles. The van der Waals surface area contributed by atoms with E-state index in [0.29, 0.717) is 18.7 Å². The van der Waals surface area contributed by atoms with Gasteiger partial charge in [0.1, 0.15) is 11.9 Å². The Morgan fingerprint density at radius 1 is 1.12 bits per heavy atom. The number of likely N-dealkylation sites (tertiary alicyclic amines) is 1. The van der Waals surface area contributed by atoms with Gasteiger partial charge in [0.25, 0.3) is 5.91 Å². The van der Waals surface area contributed by atoms with Crippen molar-refractivity contribution in [3.05, 3.63) is 30.1 Å². The highest BCUT2D eigenvalue weighted by atomic mass is 19.1. The zero-order valence-corrected chi connectivity index (χ0v) is 13.1. The van der Waals surface area contributed by atoms with E-state index >= 15 is 0 Å². The SMILES string of the molecule is O=C1N[C@@H]2CCN(C(=O)C3CCC3)[C@@H]2C(=O)N1c1ccc(F)cc1. The predicted molar refractivity (Wildman–Crippen MR) is 83.7 cm³/mol. The Labute approximate surface area is 138 Å². The lowest BCUT2D eigenvalue weighted by atomic mass is 9.84. The van der Waals surface area contributed by atoms with Crippen molar-refractivity contribution in [3.8, 4) is 0 Å². The number of carbonyl (C=O) groups is 3. The van der Waals surface area contributed by atoms with Crippen molar-refractivity contribution in [2.75, 3.05) is 11.4 Å². The molecule has 3 aliphatic rings. The minimum absolute atomic E-state index is 0.00782. The van der Waals surface area contributed by atoms with Crippen molar-refractivity contribution < 1.29 is 18.8 Å². The monoisotopic (exact) mass is 331 g/mol. The van der Waals surface area contributed by atoms with Crippen molar-refractivity contribution in [1.82, 2.24) is 10.2 Å². The molecule has 2 heterocycles. The van der Waals surface area contributed by atoms with Crippen molar-refractivity contribution in [2.45, 2.75) is 37.8 Å². The van der Waals surface area contributed by atoms with Gasteiger partial charge in [-0.05, 0) is 43.5 Å². The number of anilines is 1. The van der Waals surface area contributed by atoms with E-state index in [1.165, 1.54) is 24.3 Å². The third-order valence-corrected chi connectivity index (χ3v) is 5.21. The standard InChI is InChI=1S/C17H18FN3O3/c18-11-4-6-12(7-5-11)21-16(23)14-13(19-17(21)24)8-9-20(14)15(22)10-2-1-3-10/h4-7,10,13-14H,1-3,8-9H2,(H,19,24)/t13-,14+/m1/s1. The molecular weight excluding hydrogens is 313 g/mol. The first-order valence-electron chi connectivity index (χ1n) is 8.27. The normalized spacial score (nSPS) is 26.9. The van der Waals surface area contributed by atoms with Gasteiger partial charge in [0.05, 0.1) is 11.7 Å². The van der Waals surface area contributed by atoms with Crippen LogP contribution in [0.25, 0.3) is 0 Å². The van der Waals surface area contributed by atoms with Gasteiger partial charge in [0, 0.05) is 12.5 Å². The smallest absolute Gasteiger partial charge is 0.329 e. The van der Waals surface area contributed by atoms with Crippen LogP contribution in [0.4, 0.5) is 14.9 Å². The second-order valence-electron chi connectivity index (χ2n) is 6.60. The summed E-state index contributed by atoms with van der Waals surface area (Å²) in [6.45, 7) is 0.480. The highest BCUT2D eigenvalue weighted by Crippen LogP contribution is 2.33. The molecule has 0 radical (unpaired) electrons. The molecule has 0 aromatic heterocycles. The summed E-state index contributed by atoms with van der Waals surface area (Å²) < 4.78 is 13.1. The molecule has 0 spiro atoms. The number of rotatable bonds is 2. The molecule has 1 aromatic carbocycles. The molecule has 2 saturated heterocycles. The van der Waals surface area contributed by atoms with Crippen LogP contribution in [-0.4, -0.2) is 41.4 Å². The minimum atomic E-state index is -0.666. The molecule has 0 unspecified atom stereocenters. The van der Waals surface area contributed by atoms with Gasteiger partial charge in [-0.1, -0.05) is 6.42 Å². The van der Waals surface area contributed by atoms with E-state index in [4.69, 9.17) is 0 Å². The average molecular weight is 331 g/mol.